The monoisotopic (exact) mass is 333 g/mol. The Morgan fingerprint density at radius 2 is 1.46 bits per heavy atom. The average Bonchev–Trinajstić information content (AvgIpc) is 2.90. The Morgan fingerprint density at radius 1 is 0.875 bits per heavy atom. The van der Waals surface area contributed by atoms with Gasteiger partial charge in [0, 0.05) is 6.42 Å². The van der Waals surface area contributed by atoms with Gasteiger partial charge in [0.25, 0.3) is 0 Å². The topological polar surface area (TPSA) is 21.6 Å². The highest BCUT2D eigenvalue weighted by Gasteiger charge is 2.25. The van der Waals surface area contributed by atoms with Crippen LogP contribution in [-0.2, 0) is 4.74 Å². The first-order chi connectivity index (χ1) is 11.6. The first-order valence-corrected chi connectivity index (χ1v) is 10.2. The molecule has 0 bridgehead atoms. The summed E-state index contributed by atoms with van der Waals surface area (Å²) in [5.41, 5.74) is 0.00313. The molecule has 1 aliphatic heterocycles. The smallest absolute Gasteiger partial charge is 0.183 e. The molecule has 0 fully saturated rings. The summed E-state index contributed by atoms with van der Waals surface area (Å²) >= 11 is 0. The molecular formula is C22H39NO. The Balaban J connectivity index is 1.86. The first kappa shape index (κ1) is 21.0. The van der Waals surface area contributed by atoms with Gasteiger partial charge in [0.15, 0.2) is 5.90 Å². The van der Waals surface area contributed by atoms with Crippen molar-refractivity contribution in [3.05, 3.63) is 24.3 Å². The summed E-state index contributed by atoms with van der Waals surface area (Å²) in [5.74, 6) is 0.972. The minimum atomic E-state index is 0.00313. The molecule has 0 atom stereocenters. The van der Waals surface area contributed by atoms with Crippen LogP contribution < -0.4 is 0 Å². The van der Waals surface area contributed by atoms with Gasteiger partial charge in [-0.3, -0.25) is 0 Å². The van der Waals surface area contributed by atoms with Gasteiger partial charge in [0.05, 0.1) is 5.54 Å². The molecule has 0 unspecified atom stereocenters. The van der Waals surface area contributed by atoms with E-state index in [1.54, 1.807) is 0 Å². The van der Waals surface area contributed by atoms with E-state index in [-0.39, 0.29) is 5.54 Å². The van der Waals surface area contributed by atoms with Crippen LogP contribution in [0.25, 0.3) is 0 Å². The number of allylic oxidation sites excluding steroid dienone is 4. The van der Waals surface area contributed by atoms with Gasteiger partial charge >= 0.3 is 0 Å². The van der Waals surface area contributed by atoms with Crippen molar-refractivity contribution in [3.63, 3.8) is 0 Å². The highest BCUT2D eigenvalue weighted by molar-refractivity contribution is 5.78. The van der Waals surface area contributed by atoms with E-state index in [9.17, 15) is 0 Å². The molecule has 1 heterocycles. The fraction of sp³-hybridized carbons (Fsp3) is 0.773. The van der Waals surface area contributed by atoms with E-state index < -0.39 is 0 Å². The van der Waals surface area contributed by atoms with Crippen LogP contribution in [-0.4, -0.2) is 18.0 Å². The number of nitrogens with zero attached hydrogens (tertiary/aromatic N) is 1. The number of hydrogen-bond donors (Lipinski definition) is 0. The van der Waals surface area contributed by atoms with Gasteiger partial charge in [0.1, 0.15) is 6.61 Å². The van der Waals surface area contributed by atoms with Gasteiger partial charge in [-0.05, 0) is 46.0 Å². The van der Waals surface area contributed by atoms with Gasteiger partial charge in [0.2, 0.25) is 0 Å². The van der Waals surface area contributed by atoms with Crippen molar-refractivity contribution in [1.29, 1.82) is 0 Å². The molecule has 2 heteroatoms. The lowest BCUT2D eigenvalue weighted by molar-refractivity contribution is 0.273. The van der Waals surface area contributed by atoms with E-state index in [1.807, 2.05) is 0 Å². The third-order valence-corrected chi connectivity index (χ3v) is 4.39. The molecule has 0 aromatic carbocycles. The lowest BCUT2D eigenvalue weighted by atomic mass is 10.1. The second-order valence-electron chi connectivity index (χ2n) is 7.62. The molecule has 0 aliphatic carbocycles. The summed E-state index contributed by atoms with van der Waals surface area (Å²) in [5, 5.41) is 0. The maximum atomic E-state index is 5.62. The number of aliphatic imine (C=N–C) groups is 1. The Bertz CT molecular complexity index is 393. The van der Waals surface area contributed by atoms with Crippen molar-refractivity contribution in [1.82, 2.24) is 0 Å². The molecule has 0 saturated carbocycles. The van der Waals surface area contributed by atoms with Crippen LogP contribution in [0.5, 0.6) is 0 Å². The quantitative estimate of drug-likeness (QED) is 0.247. The molecule has 0 aromatic rings. The van der Waals surface area contributed by atoms with Crippen LogP contribution >= 0.6 is 0 Å². The van der Waals surface area contributed by atoms with Crippen LogP contribution in [0.3, 0.4) is 0 Å². The van der Waals surface area contributed by atoms with E-state index in [2.05, 4.69) is 50.1 Å². The van der Waals surface area contributed by atoms with Crippen molar-refractivity contribution in [2.24, 2.45) is 4.99 Å². The number of rotatable bonds is 14. The largest absolute Gasteiger partial charge is 0.478 e. The van der Waals surface area contributed by atoms with Gasteiger partial charge in [-0.15, -0.1) is 0 Å². The van der Waals surface area contributed by atoms with Crippen LogP contribution in [0.1, 0.15) is 97.8 Å². The van der Waals surface area contributed by atoms with Crippen molar-refractivity contribution >= 4 is 5.90 Å². The molecular weight excluding hydrogens is 294 g/mol. The van der Waals surface area contributed by atoms with Crippen molar-refractivity contribution in [2.45, 2.75) is 103 Å². The van der Waals surface area contributed by atoms with Gasteiger partial charge < -0.3 is 4.74 Å². The maximum absolute atomic E-state index is 5.62. The second-order valence-corrected chi connectivity index (χ2v) is 7.62. The standard InChI is InChI=1S/C22H39NO/c1-4-5-6-7-8-9-10-11-12-13-14-15-16-17-18-19-21-23-22(2,3)20-24-21/h10-13H,4-9,14-20H2,1-3H3/b11-10+,13-12+. The predicted molar refractivity (Wildman–Crippen MR) is 107 cm³/mol. The zero-order chi connectivity index (χ0) is 17.5. The molecule has 0 amide bonds. The van der Waals surface area contributed by atoms with Crippen molar-refractivity contribution < 1.29 is 4.74 Å². The Kier molecular flexibility index (Phi) is 11.6. The SMILES string of the molecule is CCCCCCC/C=C/C=C/CCCCCCC1=NC(C)(C)CO1. The number of hydrogen-bond acceptors (Lipinski definition) is 2. The molecule has 138 valence electrons. The van der Waals surface area contributed by atoms with E-state index in [0.29, 0.717) is 0 Å². The maximum Gasteiger partial charge on any atom is 0.183 e. The lowest BCUT2D eigenvalue weighted by Crippen LogP contribution is -2.17. The predicted octanol–water partition coefficient (Wildman–Crippen LogP) is 7.01. The summed E-state index contributed by atoms with van der Waals surface area (Å²) in [7, 11) is 0. The Hall–Kier alpha value is -1.05. The zero-order valence-electron chi connectivity index (χ0n) is 16.4. The van der Waals surface area contributed by atoms with Gasteiger partial charge in [-0.2, -0.15) is 0 Å². The van der Waals surface area contributed by atoms with E-state index in [0.717, 1.165) is 18.9 Å². The normalized spacial score (nSPS) is 16.9. The molecule has 1 aliphatic rings. The van der Waals surface area contributed by atoms with E-state index >= 15 is 0 Å². The van der Waals surface area contributed by atoms with E-state index in [1.165, 1.54) is 70.6 Å². The zero-order valence-corrected chi connectivity index (χ0v) is 16.4. The molecule has 24 heavy (non-hydrogen) atoms. The highest BCUT2D eigenvalue weighted by Crippen LogP contribution is 2.19. The highest BCUT2D eigenvalue weighted by atomic mass is 16.5. The summed E-state index contributed by atoms with van der Waals surface area (Å²) in [4.78, 5) is 4.60. The molecule has 0 radical (unpaired) electrons. The minimum absolute atomic E-state index is 0.00313. The van der Waals surface area contributed by atoms with Crippen LogP contribution in [0.4, 0.5) is 0 Å². The van der Waals surface area contributed by atoms with E-state index in [4.69, 9.17) is 4.74 Å². The summed E-state index contributed by atoms with van der Waals surface area (Å²) < 4.78 is 5.62. The van der Waals surface area contributed by atoms with Crippen LogP contribution in [0, 0.1) is 0 Å². The molecule has 2 nitrogen and oxygen atoms in total. The second kappa shape index (κ2) is 13.3. The summed E-state index contributed by atoms with van der Waals surface area (Å²) in [6, 6.07) is 0. The molecule has 0 N–H and O–H groups in total. The first-order valence-electron chi connectivity index (χ1n) is 10.2. The summed E-state index contributed by atoms with van der Waals surface area (Å²) in [6.45, 7) is 7.28. The number of unbranched alkanes of at least 4 members (excludes halogenated alkanes) is 9. The van der Waals surface area contributed by atoms with Crippen molar-refractivity contribution in [3.8, 4) is 0 Å². The van der Waals surface area contributed by atoms with Gasteiger partial charge in [-0.1, -0.05) is 69.8 Å². The fourth-order valence-corrected chi connectivity index (χ4v) is 2.90. The molecule has 0 spiro atoms. The Morgan fingerprint density at radius 3 is 2.00 bits per heavy atom. The number of ether oxygens (including phenoxy) is 1. The van der Waals surface area contributed by atoms with Crippen molar-refractivity contribution in [2.75, 3.05) is 6.61 Å². The van der Waals surface area contributed by atoms with Crippen LogP contribution in [0.2, 0.25) is 0 Å². The van der Waals surface area contributed by atoms with Crippen LogP contribution in [0.15, 0.2) is 29.3 Å². The molecule has 0 aromatic heterocycles. The lowest BCUT2D eigenvalue weighted by Gasteiger charge is -2.07. The fourth-order valence-electron chi connectivity index (χ4n) is 2.90. The average molecular weight is 334 g/mol. The molecule has 1 rings (SSSR count). The Labute approximate surface area is 150 Å². The summed E-state index contributed by atoms with van der Waals surface area (Å²) in [6.07, 6.45) is 24.4. The van der Waals surface area contributed by atoms with Gasteiger partial charge in [-0.25, -0.2) is 4.99 Å². The third kappa shape index (κ3) is 11.5. The minimum Gasteiger partial charge on any atom is -0.478 e. The third-order valence-electron chi connectivity index (χ3n) is 4.39. The molecule has 0 saturated heterocycles.